The van der Waals surface area contributed by atoms with E-state index in [9.17, 15) is 92.7 Å². The fraction of sp³-hybridized carbons (Fsp3) is 0.744. The standard InChI is InChI=1S/C43H72N10O25P2/c1-19(38(63)50-25(37(44)62)13-14-30(59)49-27(41(67)68)11-7-8-15-53-16-24(51-52-53)10-9-12-26(40(65)66)46-21(3)56)45-39(64)20(2)74-36-32(48-23(5)58)43(78-80(71,72)79(69,70)73-6)76-29(18-55)35(36)77-42-31(47-22(4)57)34(61)33(60)28(17-54)75-42/h16,19-20,25-29,31-36,42-43,54-55,60-61H,7-15,17-18H2,1-6H3,(H2,44,62)(H,45,64)(H,46,56)(H,47,57)(H,48,58)(H,49,59)(H,50,63)(H,65,66)(H,67,68)(H,69,70)(H,71,72)/p-4/t19-,20+,25+,26?,27-,28+,29+,31+,32+,33+,34+,35?,36+,42-,43+/m0/s1. The number of rotatable bonds is 33. The molecule has 0 saturated carbocycles. The molecule has 0 aliphatic carbocycles. The molecule has 17 atom stereocenters. The molecule has 2 aliphatic heterocycles. The smallest absolute Gasteiger partial charge is 0.249 e. The normalized spacial score (nSPS) is 26.3. The van der Waals surface area contributed by atoms with Crippen LogP contribution in [0.15, 0.2) is 6.20 Å². The first kappa shape index (κ1) is 68.6. The van der Waals surface area contributed by atoms with E-state index < -0.39 is 185 Å². The van der Waals surface area contributed by atoms with E-state index in [4.69, 9.17) is 29.2 Å². The maximum Gasteiger partial charge on any atom is 0.249 e. The summed E-state index contributed by atoms with van der Waals surface area (Å²) in [5.41, 5.74) is 6.02. The summed E-state index contributed by atoms with van der Waals surface area (Å²) >= 11 is 0. The van der Waals surface area contributed by atoms with E-state index in [1.54, 1.807) is 6.20 Å². The van der Waals surface area contributed by atoms with Crippen molar-refractivity contribution in [2.24, 2.45) is 5.73 Å². The average molecular weight is 1190 g/mol. The molecule has 454 valence electrons. The molecule has 2 fully saturated rings. The quantitative estimate of drug-likeness (QED) is 0.0230. The van der Waals surface area contributed by atoms with Crippen LogP contribution in [0.4, 0.5) is 0 Å². The largest absolute Gasteiger partial charge is 0.772 e. The first-order valence-electron chi connectivity index (χ1n) is 24.7. The third-order valence-corrected chi connectivity index (χ3v) is 16.3. The van der Waals surface area contributed by atoms with Crippen LogP contribution in [-0.2, 0) is 93.2 Å². The van der Waals surface area contributed by atoms with E-state index in [-0.39, 0.29) is 25.8 Å². The van der Waals surface area contributed by atoms with Crippen LogP contribution in [0.1, 0.15) is 85.3 Å². The predicted molar refractivity (Wildman–Crippen MR) is 256 cm³/mol. The number of aliphatic hydroxyl groups excluding tert-OH is 4. The van der Waals surface area contributed by atoms with E-state index in [0.29, 0.717) is 32.1 Å². The lowest BCUT2D eigenvalue weighted by Crippen LogP contribution is -2.70. The number of aryl methyl sites for hydroxylation is 2. The molecular weight excluding hydrogens is 1120 g/mol. The molecule has 1 aromatic heterocycles. The number of aliphatic hydroxyl groups is 4. The highest BCUT2D eigenvalue weighted by atomic mass is 32.1. The van der Waals surface area contributed by atoms with Gasteiger partial charge in [0, 0.05) is 47.0 Å². The zero-order valence-corrected chi connectivity index (χ0v) is 46.0. The topological polar surface area (TPSA) is 545 Å². The zero-order valence-electron chi connectivity index (χ0n) is 44.2. The number of amides is 7. The molecule has 12 N–H and O–H groups in total. The minimum atomic E-state index is -6.18. The van der Waals surface area contributed by atoms with Crippen molar-refractivity contribution in [3.63, 3.8) is 0 Å². The fourth-order valence-electron chi connectivity index (χ4n) is 8.12. The molecule has 80 heavy (non-hydrogen) atoms. The summed E-state index contributed by atoms with van der Waals surface area (Å²) in [6.07, 6.45) is -15.5. The third-order valence-electron chi connectivity index (χ3n) is 12.2. The van der Waals surface area contributed by atoms with Crippen molar-refractivity contribution in [1.82, 2.24) is 46.9 Å². The Bertz CT molecular complexity index is 2420. The number of primary amides is 1. The van der Waals surface area contributed by atoms with Gasteiger partial charge >= 0.3 is 0 Å². The highest BCUT2D eigenvalue weighted by Gasteiger charge is 2.54. The Labute approximate surface area is 456 Å². The number of nitrogens with two attached hydrogens (primary N) is 1. The van der Waals surface area contributed by atoms with Crippen molar-refractivity contribution in [2.45, 2.75) is 184 Å². The molecule has 0 spiro atoms. The fourth-order valence-corrected chi connectivity index (χ4v) is 10.1. The Morgan fingerprint density at radius 1 is 0.738 bits per heavy atom. The van der Waals surface area contributed by atoms with Gasteiger partial charge in [-0.25, -0.2) is 0 Å². The average Bonchev–Trinajstić information content (AvgIpc) is 3.86. The molecule has 3 rings (SSSR count). The van der Waals surface area contributed by atoms with Gasteiger partial charge in [-0.3, -0.25) is 51.9 Å². The first-order chi connectivity index (χ1) is 37.4. The lowest BCUT2D eigenvalue weighted by Gasteiger charge is -2.50. The number of nitrogens with one attached hydrogen (secondary N) is 6. The van der Waals surface area contributed by atoms with E-state index in [2.05, 4.69) is 46.7 Å². The molecule has 7 amide bonds. The van der Waals surface area contributed by atoms with Crippen LogP contribution < -0.4 is 57.6 Å². The number of unbranched alkanes of at least 4 members (excludes halogenated alkanes) is 1. The van der Waals surface area contributed by atoms with E-state index in [1.807, 2.05) is 0 Å². The van der Waals surface area contributed by atoms with Crippen LogP contribution in [0.5, 0.6) is 0 Å². The number of ether oxygens (including phenoxy) is 4. The maximum absolute atomic E-state index is 13.7. The zero-order chi connectivity index (χ0) is 60.4. The second-order valence-corrected chi connectivity index (χ2v) is 23.9. The molecule has 0 bridgehead atoms. The summed E-state index contributed by atoms with van der Waals surface area (Å²) in [4.78, 5) is 137. The second-order valence-electron chi connectivity index (χ2n) is 18.6. The van der Waals surface area contributed by atoms with Gasteiger partial charge in [0.2, 0.25) is 55.9 Å². The SMILES string of the molecule is COP(=O)([O-])P(=O)([O-])O[C@H]1O[C@H](CO)C(O[C@@H]2O[C@H](CO)[C@@H](O)[C@H](O)[C@H]2NC(C)=O)[C@H](O[C@H](C)C(=O)N[C@@H](C)C(=O)N[C@H](CCC(=O)N[C@@H](CCCCn2cc(CCCC(NC(C)=O)C(=O)[O-])nn2)C(=O)[O-])C(N)=O)[C@H]1NC(C)=O. The van der Waals surface area contributed by atoms with Gasteiger partial charge in [0.05, 0.1) is 42.9 Å². The van der Waals surface area contributed by atoms with E-state index >= 15 is 0 Å². The van der Waals surface area contributed by atoms with Gasteiger partial charge < -0.3 is 111 Å². The number of carboxylic acid groups (broad SMARTS) is 2. The molecule has 3 heterocycles. The van der Waals surface area contributed by atoms with Gasteiger partial charge in [-0.15, -0.1) is 5.10 Å². The van der Waals surface area contributed by atoms with Gasteiger partial charge in [-0.2, -0.15) is 0 Å². The highest BCUT2D eigenvalue weighted by molar-refractivity contribution is 8.25. The number of carbonyl (C=O) groups is 9. The molecular formula is C43H68N10O25P2-4. The number of hydrogen-bond acceptors (Lipinski definition) is 27. The van der Waals surface area contributed by atoms with Crippen molar-refractivity contribution in [3.05, 3.63) is 11.9 Å². The first-order valence-corrected chi connectivity index (χ1v) is 28.5. The summed E-state index contributed by atoms with van der Waals surface area (Å²) in [5.74, 6) is -9.66. The predicted octanol–water partition coefficient (Wildman–Crippen LogP) is -9.48. The summed E-state index contributed by atoms with van der Waals surface area (Å²) in [6.45, 7) is 3.43. The highest BCUT2D eigenvalue weighted by Crippen LogP contribution is 2.72. The van der Waals surface area contributed by atoms with E-state index in [1.165, 1.54) is 11.6 Å². The number of hydrogen-bond donors (Lipinski definition) is 11. The van der Waals surface area contributed by atoms with Gasteiger partial charge in [0.15, 0.2) is 12.6 Å². The lowest BCUT2D eigenvalue weighted by molar-refractivity contribution is -0.334. The molecule has 0 aromatic carbocycles. The van der Waals surface area contributed by atoms with Gasteiger partial charge in [0.25, 0.3) is 0 Å². The van der Waals surface area contributed by atoms with Crippen molar-refractivity contribution >= 4 is 67.9 Å². The van der Waals surface area contributed by atoms with Crippen LogP contribution in [0.25, 0.3) is 0 Å². The Morgan fingerprint density at radius 3 is 1.89 bits per heavy atom. The van der Waals surface area contributed by atoms with Crippen LogP contribution in [0, 0.1) is 0 Å². The van der Waals surface area contributed by atoms with Crippen molar-refractivity contribution in [1.29, 1.82) is 0 Å². The summed E-state index contributed by atoms with van der Waals surface area (Å²) in [5, 5.41) is 86.7. The number of carbonyl (C=O) groups excluding carboxylic acids is 9. The van der Waals surface area contributed by atoms with Gasteiger partial charge in [0.1, 0.15) is 66.9 Å². The second kappa shape index (κ2) is 31.5. The Balaban J connectivity index is 1.71. The number of carboxylic acids is 2. The Morgan fingerprint density at radius 2 is 1.32 bits per heavy atom. The van der Waals surface area contributed by atoms with Gasteiger partial charge in [-0.1, -0.05) is 5.21 Å². The third kappa shape index (κ3) is 20.4. The van der Waals surface area contributed by atoms with Crippen molar-refractivity contribution in [2.75, 3.05) is 20.3 Å². The number of aliphatic carboxylic acids is 2. The number of nitrogens with zero attached hydrogens (tertiary/aromatic N) is 3. The minimum Gasteiger partial charge on any atom is -0.772 e. The van der Waals surface area contributed by atoms with E-state index in [0.717, 1.165) is 27.7 Å². The molecule has 0 radical (unpaired) electrons. The maximum atomic E-state index is 13.7. The Hall–Kier alpha value is -5.65. The minimum absolute atomic E-state index is 0.0920. The van der Waals surface area contributed by atoms with Crippen LogP contribution >= 0.6 is 14.6 Å². The molecule has 37 heteroatoms. The molecule has 4 unspecified atom stereocenters. The summed E-state index contributed by atoms with van der Waals surface area (Å²) in [7, 11) is -11.6. The molecule has 2 aliphatic rings. The van der Waals surface area contributed by atoms with Gasteiger partial charge in [-0.05, 0) is 58.8 Å². The Kier molecular flexibility index (Phi) is 27.0. The van der Waals surface area contributed by atoms with Crippen LogP contribution in [0.3, 0.4) is 0 Å². The number of aromatic nitrogens is 3. The molecule has 1 aromatic rings. The van der Waals surface area contributed by atoms with Crippen LogP contribution in [-0.4, -0.2) is 201 Å². The molecule has 2 saturated heterocycles. The lowest BCUT2D eigenvalue weighted by atomic mass is 9.94. The van der Waals surface area contributed by atoms with Crippen molar-refractivity contribution in [3.8, 4) is 0 Å². The monoisotopic (exact) mass is 1190 g/mol. The summed E-state index contributed by atoms with van der Waals surface area (Å²) in [6, 6.07) is -9.53. The summed E-state index contributed by atoms with van der Waals surface area (Å²) < 4.78 is 59.0. The van der Waals surface area contributed by atoms with Crippen molar-refractivity contribution < 1.29 is 121 Å². The molecule has 35 nitrogen and oxygen atoms in total. The van der Waals surface area contributed by atoms with Crippen LogP contribution in [0.2, 0.25) is 0 Å².